The average molecular weight is 236 g/mol. The van der Waals surface area contributed by atoms with Crippen molar-refractivity contribution < 1.29 is 4.39 Å². The molecule has 2 nitrogen and oxygen atoms in total. The van der Waals surface area contributed by atoms with E-state index in [1.165, 1.54) is 11.1 Å². The minimum atomic E-state index is -0.173. The molecule has 0 bridgehead atoms. The molecule has 84 valence electrons. The lowest BCUT2D eigenvalue weighted by molar-refractivity contribution is 0.459. The van der Waals surface area contributed by atoms with Crippen molar-refractivity contribution in [3.8, 4) is 0 Å². The first-order valence-electron chi connectivity index (χ1n) is 5.59. The lowest BCUT2D eigenvalue weighted by atomic mass is 9.99. The molecule has 1 N–H and O–H groups in total. The fourth-order valence-corrected chi connectivity index (χ4v) is 3.32. The number of hydrogen-bond acceptors (Lipinski definition) is 3. The molecule has 1 aliphatic heterocycles. The minimum absolute atomic E-state index is 0.173. The van der Waals surface area contributed by atoms with Gasteiger partial charge < -0.3 is 5.32 Å². The van der Waals surface area contributed by atoms with Gasteiger partial charge in [0, 0.05) is 5.92 Å². The molecule has 2 aromatic rings. The molecule has 0 aliphatic carbocycles. The van der Waals surface area contributed by atoms with E-state index in [2.05, 4.69) is 10.3 Å². The molecule has 0 atom stereocenters. The number of halogens is 1. The summed E-state index contributed by atoms with van der Waals surface area (Å²) in [5.74, 6) is 0.384. The number of nitrogens with one attached hydrogen (secondary N) is 1. The molecule has 0 radical (unpaired) electrons. The number of aromatic nitrogens is 1. The predicted octanol–water partition coefficient (Wildman–Crippen LogP) is 2.90. The molecule has 1 aromatic carbocycles. The van der Waals surface area contributed by atoms with Crippen LogP contribution in [0.3, 0.4) is 0 Å². The topological polar surface area (TPSA) is 24.9 Å². The molecule has 1 saturated heterocycles. The maximum atomic E-state index is 13.1. The summed E-state index contributed by atoms with van der Waals surface area (Å²) >= 11 is 1.64. The Balaban J connectivity index is 1.97. The Labute approximate surface area is 97.5 Å². The van der Waals surface area contributed by atoms with Crippen molar-refractivity contribution >= 4 is 21.6 Å². The molecular formula is C12H13FN2S. The van der Waals surface area contributed by atoms with Gasteiger partial charge in [0.05, 0.1) is 15.2 Å². The van der Waals surface area contributed by atoms with Gasteiger partial charge in [-0.2, -0.15) is 0 Å². The van der Waals surface area contributed by atoms with Gasteiger partial charge in [-0.15, -0.1) is 11.3 Å². The first-order chi connectivity index (χ1) is 7.83. The van der Waals surface area contributed by atoms with Crippen molar-refractivity contribution in [1.82, 2.24) is 10.3 Å². The fourth-order valence-electron chi connectivity index (χ4n) is 2.16. The smallest absolute Gasteiger partial charge is 0.124 e. The van der Waals surface area contributed by atoms with Crippen LogP contribution in [-0.4, -0.2) is 18.1 Å². The third-order valence-electron chi connectivity index (χ3n) is 3.06. The first kappa shape index (κ1) is 10.2. The number of piperidine rings is 1. The number of thiazole rings is 1. The van der Waals surface area contributed by atoms with Gasteiger partial charge >= 0.3 is 0 Å². The van der Waals surface area contributed by atoms with Crippen molar-refractivity contribution in [2.75, 3.05) is 13.1 Å². The van der Waals surface area contributed by atoms with Crippen LogP contribution in [0, 0.1) is 5.82 Å². The third kappa shape index (κ3) is 1.83. The summed E-state index contributed by atoms with van der Waals surface area (Å²) in [4.78, 5) is 4.60. The summed E-state index contributed by atoms with van der Waals surface area (Å²) in [6.45, 7) is 2.13. The number of fused-ring (bicyclic) bond motifs is 1. The van der Waals surface area contributed by atoms with Crippen LogP contribution < -0.4 is 5.32 Å². The lowest BCUT2D eigenvalue weighted by Gasteiger charge is -2.20. The minimum Gasteiger partial charge on any atom is -0.317 e. The van der Waals surface area contributed by atoms with E-state index in [0.717, 1.165) is 36.1 Å². The van der Waals surface area contributed by atoms with E-state index < -0.39 is 0 Å². The molecule has 0 unspecified atom stereocenters. The van der Waals surface area contributed by atoms with Crippen LogP contribution >= 0.6 is 11.3 Å². The SMILES string of the molecule is Fc1ccc2nc(C3CCNCC3)sc2c1. The van der Waals surface area contributed by atoms with Crippen molar-refractivity contribution in [1.29, 1.82) is 0 Å². The Hall–Kier alpha value is -1.00. The molecule has 16 heavy (non-hydrogen) atoms. The second kappa shape index (κ2) is 4.11. The summed E-state index contributed by atoms with van der Waals surface area (Å²) in [5.41, 5.74) is 0.930. The van der Waals surface area contributed by atoms with Crippen molar-refractivity contribution in [2.24, 2.45) is 0 Å². The molecule has 1 aromatic heterocycles. The van der Waals surface area contributed by atoms with Gasteiger partial charge in [0.2, 0.25) is 0 Å². The van der Waals surface area contributed by atoms with E-state index in [1.54, 1.807) is 23.5 Å². The monoisotopic (exact) mass is 236 g/mol. The Bertz CT molecular complexity index is 503. The molecular weight excluding hydrogens is 223 g/mol. The zero-order valence-corrected chi connectivity index (χ0v) is 9.69. The molecule has 1 aliphatic rings. The van der Waals surface area contributed by atoms with Crippen LogP contribution in [0.2, 0.25) is 0 Å². The zero-order valence-electron chi connectivity index (χ0n) is 8.87. The first-order valence-corrected chi connectivity index (χ1v) is 6.41. The highest BCUT2D eigenvalue weighted by Crippen LogP contribution is 2.32. The van der Waals surface area contributed by atoms with E-state index in [9.17, 15) is 4.39 Å². The second-order valence-corrected chi connectivity index (χ2v) is 5.25. The normalized spacial score (nSPS) is 18.1. The lowest BCUT2D eigenvalue weighted by Crippen LogP contribution is -2.26. The van der Waals surface area contributed by atoms with Crippen LogP contribution in [-0.2, 0) is 0 Å². The van der Waals surface area contributed by atoms with Crippen LogP contribution in [0.15, 0.2) is 18.2 Å². The van der Waals surface area contributed by atoms with Crippen LogP contribution in [0.4, 0.5) is 4.39 Å². The molecule has 0 spiro atoms. The average Bonchev–Trinajstić information content (AvgIpc) is 2.73. The molecule has 2 heterocycles. The second-order valence-electron chi connectivity index (χ2n) is 4.19. The van der Waals surface area contributed by atoms with E-state index in [0.29, 0.717) is 5.92 Å². The van der Waals surface area contributed by atoms with E-state index in [-0.39, 0.29) is 5.82 Å². The van der Waals surface area contributed by atoms with Crippen LogP contribution in [0.5, 0.6) is 0 Å². The fraction of sp³-hybridized carbons (Fsp3) is 0.417. The largest absolute Gasteiger partial charge is 0.317 e. The maximum absolute atomic E-state index is 13.1. The standard InChI is InChI=1S/C12H13FN2S/c13-9-1-2-10-11(7-9)16-12(15-10)8-3-5-14-6-4-8/h1-2,7-8,14H,3-6H2. The van der Waals surface area contributed by atoms with E-state index >= 15 is 0 Å². The summed E-state index contributed by atoms with van der Waals surface area (Å²) in [6, 6.07) is 4.83. The summed E-state index contributed by atoms with van der Waals surface area (Å²) in [5, 5.41) is 4.51. The molecule has 3 rings (SSSR count). The summed E-state index contributed by atoms with van der Waals surface area (Å²) in [6.07, 6.45) is 2.28. The van der Waals surface area contributed by atoms with Crippen molar-refractivity contribution in [3.05, 3.63) is 29.0 Å². The number of hydrogen-bond donors (Lipinski definition) is 1. The van der Waals surface area contributed by atoms with Gasteiger partial charge in [0.15, 0.2) is 0 Å². The molecule has 4 heteroatoms. The molecule has 0 amide bonds. The maximum Gasteiger partial charge on any atom is 0.124 e. The number of nitrogens with zero attached hydrogens (tertiary/aromatic N) is 1. The van der Waals surface area contributed by atoms with Crippen molar-refractivity contribution in [3.63, 3.8) is 0 Å². The van der Waals surface area contributed by atoms with Gasteiger partial charge in [0.25, 0.3) is 0 Å². The zero-order chi connectivity index (χ0) is 11.0. The Morgan fingerprint density at radius 3 is 2.94 bits per heavy atom. The molecule has 1 fully saturated rings. The predicted molar refractivity (Wildman–Crippen MR) is 64.4 cm³/mol. The quantitative estimate of drug-likeness (QED) is 0.823. The number of rotatable bonds is 1. The van der Waals surface area contributed by atoms with Crippen molar-refractivity contribution in [2.45, 2.75) is 18.8 Å². The highest BCUT2D eigenvalue weighted by atomic mass is 32.1. The molecule has 0 saturated carbocycles. The van der Waals surface area contributed by atoms with Crippen LogP contribution in [0.1, 0.15) is 23.8 Å². The van der Waals surface area contributed by atoms with Crippen LogP contribution in [0.25, 0.3) is 10.2 Å². The Kier molecular flexibility index (Phi) is 2.61. The van der Waals surface area contributed by atoms with E-state index in [1.807, 2.05) is 0 Å². The summed E-state index contributed by atoms with van der Waals surface area (Å²) in [7, 11) is 0. The van der Waals surface area contributed by atoms with Gasteiger partial charge in [0.1, 0.15) is 5.82 Å². The summed E-state index contributed by atoms with van der Waals surface area (Å²) < 4.78 is 14.0. The highest BCUT2D eigenvalue weighted by Gasteiger charge is 2.18. The Morgan fingerprint density at radius 1 is 1.31 bits per heavy atom. The van der Waals surface area contributed by atoms with Gasteiger partial charge in [-0.05, 0) is 44.1 Å². The van der Waals surface area contributed by atoms with Gasteiger partial charge in [-0.25, -0.2) is 9.37 Å². The third-order valence-corrected chi connectivity index (χ3v) is 4.24. The van der Waals surface area contributed by atoms with E-state index in [4.69, 9.17) is 0 Å². The van der Waals surface area contributed by atoms with Gasteiger partial charge in [-0.3, -0.25) is 0 Å². The highest BCUT2D eigenvalue weighted by molar-refractivity contribution is 7.18. The Morgan fingerprint density at radius 2 is 2.12 bits per heavy atom. The van der Waals surface area contributed by atoms with Gasteiger partial charge in [-0.1, -0.05) is 0 Å². The number of benzene rings is 1.